The second kappa shape index (κ2) is 7.05. The highest BCUT2D eigenvalue weighted by Crippen LogP contribution is 2.15. The molecule has 1 amide bonds. The highest BCUT2D eigenvalue weighted by atomic mass is 16.2. The van der Waals surface area contributed by atoms with Crippen molar-refractivity contribution in [1.82, 2.24) is 19.8 Å². The molecule has 120 valence electrons. The Kier molecular flexibility index (Phi) is 4.87. The minimum absolute atomic E-state index is 0.0553. The first-order chi connectivity index (χ1) is 10.7. The molecule has 0 aromatic carbocycles. The Morgan fingerprint density at radius 1 is 1.00 bits per heavy atom. The van der Waals surface area contributed by atoms with Crippen molar-refractivity contribution >= 4 is 11.9 Å². The van der Waals surface area contributed by atoms with E-state index in [9.17, 15) is 4.79 Å². The predicted molar refractivity (Wildman–Crippen MR) is 86.1 cm³/mol. The average molecular weight is 303 g/mol. The summed E-state index contributed by atoms with van der Waals surface area (Å²) in [5.74, 6) is 0.744. The number of hydrogen-bond donors (Lipinski definition) is 0. The quantitative estimate of drug-likeness (QED) is 0.823. The van der Waals surface area contributed by atoms with Gasteiger partial charge in [0.15, 0.2) is 0 Å². The van der Waals surface area contributed by atoms with Crippen LogP contribution in [0.25, 0.3) is 0 Å². The van der Waals surface area contributed by atoms with Crippen LogP contribution in [0.1, 0.15) is 36.2 Å². The summed E-state index contributed by atoms with van der Waals surface area (Å²) >= 11 is 0. The van der Waals surface area contributed by atoms with E-state index < -0.39 is 0 Å². The average Bonchev–Trinajstić information content (AvgIpc) is 2.84. The van der Waals surface area contributed by atoms with Crippen LogP contribution in [0.5, 0.6) is 0 Å². The molecule has 2 aliphatic heterocycles. The molecule has 0 saturated carbocycles. The predicted octanol–water partition coefficient (Wildman–Crippen LogP) is 1.24. The molecule has 3 heterocycles. The number of carbonyl (C=O) groups excluding carboxylic acids is 1. The zero-order valence-electron chi connectivity index (χ0n) is 13.4. The molecule has 2 saturated heterocycles. The van der Waals surface area contributed by atoms with Crippen molar-refractivity contribution in [2.45, 2.75) is 25.7 Å². The summed E-state index contributed by atoms with van der Waals surface area (Å²) in [6.07, 6.45) is 6.36. The molecule has 0 bridgehead atoms. The third-order valence-corrected chi connectivity index (χ3v) is 4.54. The molecule has 6 nitrogen and oxygen atoms in total. The van der Waals surface area contributed by atoms with Gasteiger partial charge in [0.25, 0.3) is 5.91 Å². The van der Waals surface area contributed by atoms with Gasteiger partial charge in [-0.2, -0.15) is 0 Å². The molecule has 0 atom stereocenters. The molecule has 2 aliphatic rings. The number of carbonyl (C=O) groups is 1. The molecule has 0 N–H and O–H groups in total. The molecule has 1 aromatic rings. The number of piperazine rings is 1. The zero-order chi connectivity index (χ0) is 15.4. The first-order valence-electron chi connectivity index (χ1n) is 8.30. The van der Waals surface area contributed by atoms with E-state index in [1.807, 2.05) is 4.90 Å². The highest BCUT2D eigenvalue weighted by Gasteiger charge is 2.21. The Bertz CT molecular complexity index is 505. The molecule has 1 aromatic heterocycles. The van der Waals surface area contributed by atoms with Crippen LogP contribution in [0, 0.1) is 0 Å². The SMILES string of the molecule is CN1CCN(c2nccc(C(=O)N3CCCCCC3)n2)CC1. The maximum atomic E-state index is 12.6. The van der Waals surface area contributed by atoms with Gasteiger partial charge in [0.05, 0.1) is 0 Å². The molecule has 0 radical (unpaired) electrons. The van der Waals surface area contributed by atoms with Gasteiger partial charge < -0.3 is 14.7 Å². The fourth-order valence-corrected chi connectivity index (χ4v) is 3.06. The number of rotatable bonds is 2. The molecule has 6 heteroatoms. The van der Waals surface area contributed by atoms with Gasteiger partial charge in [-0.15, -0.1) is 0 Å². The van der Waals surface area contributed by atoms with Crippen LogP contribution in [0.3, 0.4) is 0 Å². The third kappa shape index (κ3) is 3.55. The van der Waals surface area contributed by atoms with Crippen LogP contribution in [-0.4, -0.2) is 72.0 Å². The van der Waals surface area contributed by atoms with Crippen LogP contribution >= 0.6 is 0 Å². The zero-order valence-corrected chi connectivity index (χ0v) is 13.4. The van der Waals surface area contributed by atoms with Gasteiger partial charge >= 0.3 is 0 Å². The minimum atomic E-state index is 0.0553. The Balaban J connectivity index is 1.71. The number of likely N-dealkylation sites (N-methyl/N-ethyl adjacent to an activating group) is 1. The molecular formula is C16H25N5O. The third-order valence-electron chi connectivity index (χ3n) is 4.54. The monoisotopic (exact) mass is 303 g/mol. The summed E-state index contributed by atoms with van der Waals surface area (Å²) in [5, 5.41) is 0. The number of anilines is 1. The molecule has 0 aliphatic carbocycles. The van der Waals surface area contributed by atoms with E-state index in [1.165, 1.54) is 12.8 Å². The summed E-state index contributed by atoms with van der Waals surface area (Å²) < 4.78 is 0. The highest BCUT2D eigenvalue weighted by molar-refractivity contribution is 5.92. The Hall–Kier alpha value is -1.69. The van der Waals surface area contributed by atoms with Crippen molar-refractivity contribution in [1.29, 1.82) is 0 Å². The van der Waals surface area contributed by atoms with Crippen LogP contribution in [0.2, 0.25) is 0 Å². The largest absolute Gasteiger partial charge is 0.338 e. The second-order valence-corrected chi connectivity index (χ2v) is 6.24. The van der Waals surface area contributed by atoms with E-state index in [1.54, 1.807) is 12.3 Å². The first kappa shape index (κ1) is 15.2. The summed E-state index contributed by atoms with van der Waals surface area (Å²) in [5.41, 5.74) is 0.533. The standard InChI is InChI=1S/C16H25N5O/c1-19-10-12-21(13-11-19)16-17-7-6-14(18-16)15(22)20-8-4-2-3-5-9-20/h6-7H,2-5,8-13H2,1H3. The van der Waals surface area contributed by atoms with E-state index in [0.717, 1.165) is 52.1 Å². The van der Waals surface area contributed by atoms with Gasteiger partial charge in [0.1, 0.15) is 5.69 Å². The Morgan fingerprint density at radius 2 is 1.68 bits per heavy atom. The second-order valence-electron chi connectivity index (χ2n) is 6.24. The van der Waals surface area contributed by atoms with Crippen molar-refractivity contribution in [2.75, 3.05) is 51.2 Å². The topological polar surface area (TPSA) is 52.6 Å². The van der Waals surface area contributed by atoms with Crippen molar-refractivity contribution in [3.05, 3.63) is 18.0 Å². The lowest BCUT2D eigenvalue weighted by atomic mass is 10.2. The molecule has 2 fully saturated rings. The fourth-order valence-electron chi connectivity index (χ4n) is 3.06. The lowest BCUT2D eigenvalue weighted by Gasteiger charge is -2.32. The van der Waals surface area contributed by atoms with Gasteiger partial charge in [-0.3, -0.25) is 4.79 Å². The van der Waals surface area contributed by atoms with Gasteiger partial charge in [-0.1, -0.05) is 12.8 Å². The van der Waals surface area contributed by atoms with E-state index >= 15 is 0 Å². The minimum Gasteiger partial charge on any atom is -0.338 e. The maximum absolute atomic E-state index is 12.6. The van der Waals surface area contributed by atoms with Crippen LogP contribution in [0.4, 0.5) is 5.95 Å². The molecule has 22 heavy (non-hydrogen) atoms. The number of hydrogen-bond acceptors (Lipinski definition) is 5. The maximum Gasteiger partial charge on any atom is 0.272 e. The first-order valence-corrected chi connectivity index (χ1v) is 8.30. The Morgan fingerprint density at radius 3 is 2.36 bits per heavy atom. The molecular weight excluding hydrogens is 278 g/mol. The van der Waals surface area contributed by atoms with E-state index in [4.69, 9.17) is 0 Å². The van der Waals surface area contributed by atoms with Gasteiger partial charge in [0, 0.05) is 45.5 Å². The lowest BCUT2D eigenvalue weighted by Crippen LogP contribution is -2.45. The van der Waals surface area contributed by atoms with E-state index in [2.05, 4.69) is 26.8 Å². The summed E-state index contributed by atoms with van der Waals surface area (Å²) in [6, 6.07) is 1.74. The molecule has 3 rings (SSSR count). The Labute approximate surface area is 132 Å². The smallest absolute Gasteiger partial charge is 0.272 e. The van der Waals surface area contributed by atoms with Gasteiger partial charge in [-0.05, 0) is 26.0 Å². The fraction of sp³-hybridized carbons (Fsp3) is 0.688. The van der Waals surface area contributed by atoms with E-state index in [0.29, 0.717) is 11.6 Å². The van der Waals surface area contributed by atoms with Crippen LogP contribution in [0.15, 0.2) is 12.3 Å². The van der Waals surface area contributed by atoms with Crippen molar-refractivity contribution in [2.24, 2.45) is 0 Å². The molecule has 0 unspecified atom stereocenters. The molecule has 0 spiro atoms. The normalized spacial score (nSPS) is 20.8. The summed E-state index contributed by atoms with van der Waals surface area (Å²) in [7, 11) is 2.12. The van der Waals surface area contributed by atoms with Crippen LogP contribution < -0.4 is 4.90 Å². The van der Waals surface area contributed by atoms with Crippen molar-refractivity contribution in [3.8, 4) is 0 Å². The number of nitrogens with zero attached hydrogens (tertiary/aromatic N) is 5. The number of likely N-dealkylation sites (tertiary alicyclic amines) is 1. The van der Waals surface area contributed by atoms with Gasteiger partial charge in [0.2, 0.25) is 5.95 Å². The van der Waals surface area contributed by atoms with Crippen molar-refractivity contribution < 1.29 is 4.79 Å². The summed E-state index contributed by atoms with van der Waals surface area (Å²) in [4.78, 5) is 27.9. The van der Waals surface area contributed by atoms with Gasteiger partial charge in [-0.25, -0.2) is 9.97 Å². The number of aromatic nitrogens is 2. The lowest BCUT2D eigenvalue weighted by molar-refractivity contribution is 0.0755. The van der Waals surface area contributed by atoms with E-state index in [-0.39, 0.29) is 5.91 Å². The summed E-state index contributed by atoms with van der Waals surface area (Å²) in [6.45, 7) is 5.55. The van der Waals surface area contributed by atoms with Crippen molar-refractivity contribution in [3.63, 3.8) is 0 Å². The number of amides is 1. The van der Waals surface area contributed by atoms with Crippen LogP contribution in [-0.2, 0) is 0 Å².